The Morgan fingerprint density at radius 2 is 2.00 bits per heavy atom. The van der Waals surface area contributed by atoms with E-state index in [9.17, 15) is 10.0 Å². The van der Waals surface area contributed by atoms with Gasteiger partial charge >= 0.3 is 11.7 Å². The topological polar surface area (TPSA) is 64.2 Å². The second-order valence-electron chi connectivity index (χ2n) is 2.88. The van der Waals surface area contributed by atoms with Crippen molar-refractivity contribution in [1.82, 2.24) is 0 Å². The van der Waals surface area contributed by atoms with Crippen molar-refractivity contribution in [2.45, 2.75) is 0 Å². The van der Waals surface area contributed by atoms with Gasteiger partial charge in [-0.15, -0.1) is 0 Å². The molecule has 0 radical (unpaired) electrons. The number of carbonyl (C=O) groups is 1. The van der Waals surface area contributed by atoms with Crippen LogP contribution in [-0.4, -0.2) is 11.1 Å². The Balaban J connectivity index is 2.90. The van der Waals surface area contributed by atoms with Gasteiger partial charge in [0.05, 0.1) is 5.39 Å². The fourth-order valence-corrected chi connectivity index (χ4v) is 1.41. The average molecular weight is 189 g/mol. The van der Waals surface area contributed by atoms with Gasteiger partial charge in [-0.25, -0.2) is 4.79 Å². The van der Waals surface area contributed by atoms with E-state index in [0.717, 1.165) is 5.39 Å². The normalized spacial score (nSPS) is 10.3. The smallest absolute Gasteiger partial charge is 0.403 e. The molecule has 0 saturated heterocycles. The lowest BCUT2D eigenvalue weighted by molar-refractivity contribution is -0.606. The van der Waals surface area contributed by atoms with Crippen LogP contribution in [-0.2, 0) is 0 Å². The number of nitrogens with zero attached hydrogens (tertiary/aromatic N) is 1. The molecule has 0 aliphatic carbocycles. The molecule has 1 heterocycles. The van der Waals surface area contributed by atoms with Crippen LogP contribution in [0.4, 0.5) is 0 Å². The molecule has 0 amide bonds. The van der Waals surface area contributed by atoms with Crippen LogP contribution in [0.3, 0.4) is 0 Å². The largest absolute Gasteiger partial charge is 0.618 e. The molecule has 14 heavy (non-hydrogen) atoms. The lowest BCUT2D eigenvalue weighted by Gasteiger charge is -2.03. The highest BCUT2D eigenvalue weighted by Crippen LogP contribution is 2.14. The molecule has 2 rings (SSSR count). The van der Waals surface area contributed by atoms with Crippen molar-refractivity contribution < 1.29 is 14.6 Å². The summed E-state index contributed by atoms with van der Waals surface area (Å²) in [5.41, 5.74) is -0.233. The third-order valence-corrected chi connectivity index (χ3v) is 2.03. The Hall–Kier alpha value is -2.10. The molecule has 1 aromatic heterocycles. The van der Waals surface area contributed by atoms with Gasteiger partial charge in [-0.2, -0.15) is 4.73 Å². The van der Waals surface area contributed by atoms with E-state index in [2.05, 4.69) is 0 Å². The van der Waals surface area contributed by atoms with Crippen LogP contribution in [0.25, 0.3) is 10.8 Å². The van der Waals surface area contributed by atoms with Crippen molar-refractivity contribution in [2.75, 3.05) is 0 Å². The number of carboxylic acid groups (broad SMARTS) is 1. The van der Waals surface area contributed by atoms with Crippen molar-refractivity contribution >= 4 is 16.7 Å². The zero-order valence-corrected chi connectivity index (χ0v) is 7.18. The molecule has 2 aromatic rings. The molecule has 70 valence electrons. The molecule has 0 aliphatic rings. The van der Waals surface area contributed by atoms with Crippen molar-refractivity contribution in [3.05, 3.63) is 47.4 Å². The number of aromatic nitrogens is 1. The van der Waals surface area contributed by atoms with Crippen LogP contribution in [0.1, 0.15) is 10.5 Å². The quantitative estimate of drug-likeness (QED) is 0.541. The zero-order chi connectivity index (χ0) is 10.1. The highest BCUT2D eigenvalue weighted by Gasteiger charge is 2.18. The number of pyridine rings is 1. The van der Waals surface area contributed by atoms with Crippen LogP contribution in [0.15, 0.2) is 36.5 Å². The molecule has 4 nitrogen and oxygen atoms in total. The molecular formula is C10H7NO3. The number of hydrogen-bond acceptors (Lipinski definition) is 2. The highest BCUT2D eigenvalue weighted by molar-refractivity contribution is 6.00. The minimum absolute atomic E-state index is 0.233. The minimum Gasteiger partial charge on any atom is -0.618 e. The van der Waals surface area contributed by atoms with Gasteiger partial charge in [0.2, 0.25) is 0 Å². The van der Waals surface area contributed by atoms with Gasteiger partial charge in [-0.3, -0.25) is 0 Å². The van der Waals surface area contributed by atoms with Crippen LogP contribution in [0.5, 0.6) is 0 Å². The van der Waals surface area contributed by atoms with Crippen molar-refractivity contribution in [3.8, 4) is 0 Å². The molecule has 1 N–H and O–H groups in total. The monoisotopic (exact) mass is 189 g/mol. The number of carboxylic acids is 1. The summed E-state index contributed by atoms with van der Waals surface area (Å²) in [7, 11) is 0. The first-order valence-corrected chi connectivity index (χ1v) is 4.04. The van der Waals surface area contributed by atoms with E-state index in [0.29, 0.717) is 10.1 Å². The lowest BCUT2D eigenvalue weighted by atomic mass is 10.1. The van der Waals surface area contributed by atoms with Gasteiger partial charge in [-0.1, -0.05) is 18.2 Å². The van der Waals surface area contributed by atoms with E-state index < -0.39 is 5.97 Å². The summed E-state index contributed by atoms with van der Waals surface area (Å²) < 4.78 is 0.366. The first kappa shape index (κ1) is 8.50. The fourth-order valence-electron chi connectivity index (χ4n) is 1.41. The fraction of sp³-hybridized carbons (Fsp3) is 0. The van der Waals surface area contributed by atoms with E-state index >= 15 is 0 Å². The lowest BCUT2D eigenvalue weighted by Crippen LogP contribution is -2.34. The third-order valence-electron chi connectivity index (χ3n) is 2.03. The summed E-state index contributed by atoms with van der Waals surface area (Å²) >= 11 is 0. The number of benzene rings is 1. The van der Waals surface area contributed by atoms with E-state index in [1.54, 1.807) is 30.3 Å². The van der Waals surface area contributed by atoms with Gasteiger partial charge in [0.15, 0.2) is 6.20 Å². The molecular weight excluding hydrogens is 182 g/mol. The molecule has 0 saturated carbocycles. The first-order valence-electron chi connectivity index (χ1n) is 4.04. The number of aromatic carboxylic acids is 1. The number of fused-ring (bicyclic) bond motifs is 1. The Bertz CT molecular complexity index is 508. The average Bonchev–Trinajstić information content (AvgIpc) is 2.17. The molecule has 1 aromatic carbocycles. The maximum absolute atomic E-state index is 11.2. The predicted molar refractivity (Wildman–Crippen MR) is 49.9 cm³/mol. The van der Waals surface area contributed by atoms with Crippen molar-refractivity contribution in [2.24, 2.45) is 0 Å². The van der Waals surface area contributed by atoms with E-state index in [4.69, 9.17) is 5.11 Å². The number of rotatable bonds is 1. The Morgan fingerprint density at radius 1 is 1.29 bits per heavy atom. The summed E-state index contributed by atoms with van der Waals surface area (Å²) in [6.45, 7) is 0. The summed E-state index contributed by atoms with van der Waals surface area (Å²) in [6, 6.07) is 8.47. The highest BCUT2D eigenvalue weighted by atomic mass is 16.5. The molecule has 0 bridgehead atoms. The first-order chi connectivity index (χ1) is 6.70. The summed E-state index contributed by atoms with van der Waals surface area (Å²) in [5, 5.41) is 21.3. The predicted octanol–water partition coefficient (Wildman–Crippen LogP) is 1.17. The van der Waals surface area contributed by atoms with Crippen LogP contribution >= 0.6 is 0 Å². The Labute approximate surface area is 79.6 Å². The van der Waals surface area contributed by atoms with E-state index in [-0.39, 0.29) is 5.69 Å². The minimum atomic E-state index is -1.21. The maximum Gasteiger partial charge on any atom is 0.403 e. The molecule has 0 unspecified atom stereocenters. The standard InChI is InChI=1S/C10H7NO3/c12-10(13)9-8-4-2-1-3-7(8)5-6-11(9)14/h1-6H,(H,12,13). The van der Waals surface area contributed by atoms with Gasteiger partial charge in [0.1, 0.15) is 0 Å². The van der Waals surface area contributed by atoms with E-state index in [1.165, 1.54) is 6.20 Å². The third kappa shape index (κ3) is 1.17. The molecule has 0 atom stereocenters. The second-order valence-corrected chi connectivity index (χ2v) is 2.88. The molecule has 0 spiro atoms. The number of hydrogen-bond donors (Lipinski definition) is 1. The Morgan fingerprint density at radius 3 is 2.71 bits per heavy atom. The van der Waals surface area contributed by atoms with Crippen LogP contribution in [0.2, 0.25) is 0 Å². The zero-order valence-electron chi connectivity index (χ0n) is 7.18. The van der Waals surface area contributed by atoms with Gasteiger partial charge in [0.25, 0.3) is 0 Å². The molecule has 4 heteroatoms. The summed E-state index contributed by atoms with van der Waals surface area (Å²) in [5.74, 6) is -1.21. The molecule has 0 aliphatic heterocycles. The maximum atomic E-state index is 11.2. The van der Waals surface area contributed by atoms with Crippen LogP contribution in [0, 0.1) is 5.21 Å². The van der Waals surface area contributed by atoms with Crippen molar-refractivity contribution in [1.29, 1.82) is 0 Å². The SMILES string of the molecule is O=C(O)c1c2ccccc2cc[n+]1[O-]. The summed E-state index contributed by atoms with van der Waals surface area (Å²) in [4.78, 5) is 10.8. The van der Waals surface area contributed by atoms with Gasteiger partial charge in [-0.05, 0) is 11.5 Å². The van der Waals surface area contributed by atoms with Gasteiger partial charge in [0, 0.05) is 6.07 Å². The van der Waals surface area contributed by atoms with E-state index in [1.807, 2.05) is 0 Å². The van der Waals surface area contributed by atoms with Gasteiger partial charge < -0.3 is 10.3 Å². The summed E-state index contributed by atoms with van der Waals surface area (Å²) in [6.07, 6.45) is 1.20. The van der Waals surface area contributed by atoms with Crippen molar-refractivity contribution in [3.63, 3.8) is 0 Å². The van der Waals surface area contributed by atoms with Crippen LogP contribution < -0.4 is 4.73 Å². The Kier molecular flexibility index (Phi) is 1.81. The molecule has 0 fully saturated rings. The second kappa shape index (κ2) is 2.99.